The Kier molecular flexibility index (Phi) is 7.06. The molecule has 266 valence electrons. The zero-order valence-electron chi connectivity index (χ0n) is 30.7. The van der Waals surface area contributed by atoms with Crippen molar-refractivity contribution in [3.8, 4) is 45.3 Å². The van der Waals surface area contributed by atoms with Gasteiger partial charge in [-0.1, -0.05) is 146 Å². The molecule has 8 aromatic carbocycles. The van der Waals surface area contributed by atoms with Crippen LogP contribution in [0.5, 0.6) is 0 Å². The third kappa shape index (κ3) is 5.06. The zero-order chi connectivity index (χ0) is 37.5. The van der Waals surface area contributed by atoms with Crippen LogP contribution in [0.1, 0.15) is 0 Å². The van der Waals surface area contributed by atoms with E-state index in [-0.39, 0.29) is 0 Å². The first-order valence-electron chi connectivity index (χ1n) is 19.2. The SMILES string of the molecule is c1ccc(-c2ccc(-c3cc(-n4c5ccccc5c5cc(-c6ccccc6)ccc54)nc(-n4c5ccccc5c5cc6c(cc54)sc4ccccc46)n3)cc2)cc1. The Morgan fingerprint density at radius 1 is 0.316 bits per heavy atom. The van der Waals surface area contributed by atoms with Crippen LogP contribution in [-0.2, 0) is 0 Å². The van der Waals surface area contributed by atoms with Gasteiger partial charge in [0.15, 0.2) is 0 Å². The first kappa shape index (κ1) is 32.0. The van der Waals surface area contributed by atoms with Crippen molar-refractivity contribution in [2.75, 3.05) is 0 Å². The summed E-state index contributed by atoms with van der Waals surface area (Å²) < 4.78 is 7.11. The van der Waals surface area contributed by atoms with Crippen molar-refractivity contribution in [1.82, 2.24) is 19.1 Å². The van der Waals surface area contributed by atoms with E-state index in [0.29, 0.717) is 5.95 Å². The van der Waals surface area contributed by atoms with E-state index in [1.165, 1.54) is 64.0 Å². The van der Waals surface area contributed by atoms with E-state index in [0.717, 1.165) is 39.1 Å². The molecule has 0 spiro atoms. The number of aromatic nitrogens is 4. The molecule has 12 aromatic rings. The van der Waals surface area contributed by atoms with Crippen LogP contribution in [0.2, 0.25) is 0 Å². The van der Waals surface area contributed by atoms with Crippen molar-refractivity contribution >= 4 is 75.1 Å². The molecule has 0 radical (unpaired) electrons. The molecule has 0 saturated carbocycles. The summed E-state index contributed by atoms with van der Waals surface area (Å²) in [7, 11) is 0. The monoisotopic (exact) mass is 744 g/mol. The fourth-order valence-corrected chi connectivity index (χ4v) is 9.80. The van der Waals surface area contributed by atoms with Crippen LogP contribution in [0, 0.1) is 0 Å². The first-order valence-corrected chi connectivity index (χ1v) is 20.1. The maximum Gasteiger partial charge on any atom is 0.237 e. The molecular weight excluding hydrogens is 713 g/mol. The summed E-state index contributed by atoms with van der Waals surface area (Å²) in [6.07, 6.45) is 0. The first-order chi connectivity index (χ1) is 28.2. The van der Waals surface area contributed by atoms with Crippen molar-refractivity contribution < 1.29 is 0 Å². The third-order valence-corrected chi connectivity index (χ3v) is 12.5. The molecule has 4 nitrogen and oxygen atoms in total. The Labute approximate surface area is 332 Å². The lowest BCUT2D eigenvalue weighted by molar-refractivity contribution is 0.952. The van der Waals surface area contributed by atoms with E-state index in [2.05, 4.69) is 203 Å². The van der Waals surface area contributed by atoms with Crippen LogP contribution < -0.4 is 0 Å². The van der Waals surface area contributed by atoms with Gasteiger partial charge in [-0.3, -0.25) is 9.13 Å². The summed E-state index contributed by atoms with van der Waals surface area (Å²) in [5, 5.41) is 7.30. The summed E-state index contributed by atoms with van der Waals surface area (Å²) in [4.78, 5) is 11.0. The summed E-state index contributed by atoms with van der Waals surface area (Å²) in [5.74, 6) is 1.45. The molecule has 12 rings (SSSR count). The van der Waals surface area contributed by atoms with Gasteiger partial charge in [0, 0.05) is 53.3 Å². The van der Waals surface area contributed by atoms with Crippen LogP contribution in [0.15, 0.2) is 194 Å². The largest absolute Gasteiger partial charge is 0.294 e. The average molecular weight is 745 g/mol. The van der Waals surface area contributed by atoms with Crippen molar-refractivity contribution in [2.45, 2.75) is 0 Å². The number of para-hydroxylation sites is 2. The normalized spacial score (nSPS) is 11.9. The zero-order valence-corrected chi connectivity index (χ0v) is 31.5. The van der Waals surface area contributed by atoms with Crippen LogP contribution >= 0.6 is 11.3 Å². The minimum atomic E-state index is 0.633. The van der Waals surface area contributed by atoms with Crippen LogP contribution in [0.3, 0.4) is 0 Å². The van der Waals surface area contributed by atoms with Crippen LogP contribution in [0.25, 0.3) is 109 Å². The highest BCUT2D eigenvalue weighted by Crippen LogP contribution is 2.41. The van der Waals surface area contributed by atoms with Crippen molar-refractivity contribution in [1.29, 1.82) is 0 Å². The Hall–Kier alpha value is -7.34. The van der Waals surface area contributed by atoms with E-state index >= 15 is 0 Å². The quantitative estimate of drug-likeness (QED) is 0.176. The Bertz CT molecular complexity index is 3500. The van der Waals surface area contributed by atoms with Gasteiger partial charge in [-0.25, -0.2) is 4.98 Å². The maximum absolute atomic E-state index is 5.53. The smallest absolute Gasteiger partial charge is 0.237 e. The van der Waals surface area contributed by atoms with Gasteiger partial charge in [-0.2, -0.15) is 4.98 Å². The number of hydrogen-bond acceptors (Lipinski definition) is 3. The number of hydrogen-bond donors (Lipinski definition) is 0. The van der Waals surface area contributed by atoms with Gasteiger partial charge in [-0.15, -0.1) is 11.3 Å². The van der Waals surface area contributed by atoms with E-state index in [1.807, 2.05) is 11.3 Å². The second kappa shape index (κ2) is 12.6. The second-order valence-electron chi connectivity index (χ2n) is 14.6. The predicted octanol–water partition coefficient (Wildman–Crippen LogP) is 14.0. The number of nitrogens with zero attached hydrogens (tertiary/aromatic N) is 4. The summed E-state index contributed by atoms with van der Waals surface area (Å²) in [6, 6.07) is 69.5. The highest BCUT2D eigenvalue weighted by atomic mass is 32.1. The fraction of sp³-hybridized carbons (Fsp3) is 0. The molecule has 0 aliphatic carbocycles. The lowest BCUT2D eigenvalue weighted by atomic mass is 10.0. The molecule has 0 atom stereocenters. The summed E-state index contributed by atoms with van der Waals surface area (Å²) in [5.41, 5.74) is 11.0. The molecule has 0 fully saturated rings. The molecule has 0 bridgehead atoms. The molecule has 0 amide bonds. The van der Waals surface area contributed by atoms with Crippen LogP contribution in [0.4, 0.5) is 0 Å². The van der Waals surface area contributed by atoms with Gasteiger partial charge in [0.1, 0.15) is 5.82 Å². The predicted molar refractivity (Wildman–Crippen MR) is 240 cm³/mol. The van der Waals surface area contributed by atoms with Gasteiger partial charge in [0.25, 0.3) is 0 Å². The van der Waals surface area contributed by atoms with Crippen LogP contribution in [-0.4, -0.2) is 19.1 Å². The molecule has 0 aliphatic heterocycles. The lowest BCUT2D eigenvalue weighted by Gasteiger charge is -2.14. The molecule has 4 heterocycles. The highest BCUT2D eigenvalue weighted by Gasteiger charge is 2.21. The van der Waals surface area contributed by atoms with Crippen molar-refractivity contribution in [2.24, 2.45) is 0 Å². The highest BCUT2D eigenvalue weighted by molar-refractivity contribution is 7.25. The molecular formula is C52H32N4S. The maximum atomic E-state index is 5.53. The van der Waals surface area contributed by atoms with E-state index < -0.39 is 0 Å². The number of benzene rings is 8. The number of fused-ring (bicyclic) bond motifs is 9. The topological polar surface area (TPSA) is 35.6 Å². The number of thiophene rings is 1. The Morgan fingerprint density at radius 2 is 0.860 bits per heavy atom. The lowest BCUT2D eigenvalue weighted by Crippen LogP contribution is -2.07. The summed E-state index contributed by atoms with van der Waals surface area (Å²) in [6.45, 7) is 0. The van der Waals surface area contributed by atoms with Gasteiger partial charge in [-0.05, 0) is 64.7 Å². The molecule has 0 saturated heterocycles. The van der Waals surface area contributed by atoms with Gasteiger partial charge >= 0.3 is 0 Å². The molecule has 5 heteroatoms. The molecule has 4 aromatic heterocycles. The average Bonchev–Trinajstić information content (AvgIpc) is 3.93. The molecule has 0 unspecified atom stereocenters. The fourth-order valence-electron chi connectivity index (χ4n) is 8.68. The van der Waals surface area contributed by atoms with Gasteiger partial charge in [0.2, 0.25) is 5.95 Å². The van der Waals surface area contributed by atoms with Crippen molar-refractivity contribution in [3.05, 3.63) is 194 Å². The van der Waals surface area contributed by atoms with E-state index in [4.69, 9.17) is 9.97 Å². The van der Waals surface area contributed by atoms with Gasteiger partial charge < -0.3 is 0 Å². The Balaban J connectivity index is 1.14. The standard InChI is InChI=1S/C52H32N4S/c1-3-13-33(14-4-1)35-23-25-36(26-24-35)44-31-51(55-45-20-10-7-17-38(45)41-29-37(27-28-47(41)55)34-15-5-2-6-16-34)54-52(53-44)56-46-21-11-8-18-39(46)42-30-43-40-19-9-12-22-49(40)57-50(43)32-48(42)56/h1-32H. The van der Waals surface area contributed by atoms with Gasteiger partial charge in [0.05, 0.1) is 27.8 Å². The molecule has 57 heavy (non-hydrogen) atoms. The minimum absolute atomic E-state index is 0.633. The summed E-state index contributed by atoms with van der Waals surface area (Å²) >= 11 is 1.83. The third-order valence-electron chi connectivity index (χ3n) is 11.4. The molecule has 0 N–H and O–H groups in total. The minimum Gasteiger partial charge on any atom is -0.294 e. The second-order valence-corrected chi connectivity index (χ2v) is 15.7. The van der Waals surface area contributed by atoms with E-state index in [9.17, 15) is 0 Å². The van der Waals surface area contributed by atoms with Crippen molar-refractivity contribution in [3.63, 3.8) is 0 Å². The molecule has 0 aliphatic rings. The van der Waals surface area contributed by atoms with E-state index in [1.54, 1.807) is 0 Å². The number of rotatable bonds is 5. The Morgan fingerprint density at radius 3 is 1.60 bits per heavy atom.